The number of hydrogen-bond donors (Lipinski definition) is 0. The summed E-state index contributed by atoms with van der Waals surface area (Å²) in [6, 6.07) is 7.44. The van der Waals surface area contributed by atoms with Crippen molar-refractivity contribution in [3.05, 3.63) is 55.5 Å². The van der Waals surface area contributed by atoms with Crippen molar-refractivity contribution in [1.29, 1.82) is 0 Å². The maximum absolute atomic E-state index is 6.51. The van der Waals surface area contributed by atoms with Gasteiger partial charge < -0.3 is 9.47 Å². The van der Waals surface area contributed by atoms with Crippen LogP contribution in [-0.2, 0) is 5.41 Å². The van der Waals surface area contributed by atoms with E-state index in [2.05, 4.69) is 77.6 Å². The zero-order chi connectivity index (χ0) is 23.3. The highest BCUT2D eigenvalue weighted by atomic mass is 79.9. The fraction of sp³-hybridized carbons (Fsp3) is 0.429. The van der Waals surface area contributed by atoms with Gasteiger partial charge in [0.1, 0.15) is 13.2 Å². The van der Waals surface area contributed by atoms with Crippen LogP contribution >= 0.6 is 110 Å². The molecule has 2 unspecified atom stereocenters. The van der Waals surface area contributed by atoms with Crippen molar-refractivity contribution in [2.45, 2.75) is 28.9 Å². The van der Waals surface area contributed by atoms with Crippen molar-refractivity contribution in [2.75, 3.05) is 23.9 Å². The SMILES string of the molecule is CC(C)(c1cc(Cl)c(OCC(Br)CBr)c(Cl)c1)c1cc(Cl)c(OCC(Br)CBr)c(Cl)c1. The summed E-state index contributed by atoms with van der Waals surface area (Å²) in [5.74, 6) is 0.924. The van der Waals surface area contributed by atoms with Gasteiger partial charge in [-0.3, -0.25) is 0 Å². The Morgan fingerprint density at radius 3 is 1.26 bits per heavy atom. The Labute approximate surface area is 237 Å². The molecule has 2 rings (SSSR count). The molecular weight excluding hydrogens is 746 g/mol. The molecule has 0 aliphatic rings. The van der Waals surface area contributed by atoms with Crippen LogP contribution in [0.2, 0.25) is 20.1 Å². The predicted octanol–water partition coefficient (Wildman–Crippen LogP) is 9.70. The molecule has 172 valence electrons. The van der Waals surface area contributed by atoms with Gasteiger partial charge in [0.25, 0.3) is 0 Å². The van der Waals surface area contributed by atoms with Crippen LogP contribution in [0.25, 0.3) is 0 Å². The second-order valence-corrected chi connectivity index (χ2v) is 12.8. The molecule has 0 bridgehead atoms. The molecule has 0 amide bonds. The Morgan fingerprint density at radius 1 is 0.710 bits per heavy atom. The van der Waals surface area contributed by atoms with Gasteiger partial charge in [-0.15, -0.1) is 0 Å². The molecule has 2 nitrogen and oxygen atoms in total. The van der Waals surface area contributed by atoms with Gasteiger partial charge in [-0.05, 0) is 35.4 Å². The molecular formula is C21H20Br4Cl4O2. The van der Waals surface area contributed by atoms with Crippen molar-refractivity contribution in [1.82, 2.24) is 0 Å². The summed E-state index contributed by atoms with van der Waals surface area (Å²) in [5, 5.41) is 3.28. The average Bonchev–Trinajstić information content (AvgIpc) is 2.71. The lowest BCUT2D eigenvalue weighted by Crippen LogP contribution is -2.20. The van der Waals surface area contributed by atoms with Crippen molar-refractivity contribution in [3.63, 3.8) is 0 Å². The molecule has 31 heavy (non-hydrogen) atoms. The monoisotopic (exact) mass is 760 g/mol. The number of alkyl halides is 4. The predicted molar refractivity (Wildman–Crippen MR) is 149 cm³/mol. The van der Waals surface area contributed by atoms with Crippen LogP contribution in [0.5, 0.6) is 11.5 Å². The largest absolute Gasteiger partial charge is 0.489 e. The molecule has 0 aromatic heterocycles. The van der Waals surface area contributed by atoms with E-state index in [0.29, 0.717) is 44.8 Å². The van der Waals surface area contributed by atoms with Crippen molar-refractivity contribution in [3.8, 4) is 11.5 Å². The van der Waals surface area contributed by atoms with Crippen LogP contribution in [0.1, 0.15) is 25.0 Å². The van der Waals surface area contributed by atoms with Gasteiger partial charge in [0.15, 0.2) is 11.5 Å². The van der Waals surface area contributed by atoms with Crippen molar-refractivity contribution >= 4 is 110 Å². The van der Waals surface area contributed by atoms with Gasteiger partial charge in [-0.25, -0.2) is 0 Å². The minimum absolute atomic E-state index is 0.148. The van der Waals surface area contributed by atoms with Gasteiger partial charge in [0, 0.05) is 16.1 Å². The van der Waals surface area contributed by atoms with Crippen molar-refractivity contribution < 1.29 is 9.47 Å². The molecule has 0 saturated heterocycles. The number of rotatable bonds is 10. The van der Waals surface area contributed by atoms with Crippen LogP contribution in [0.3, 0.4) is 0 Å². The quantitative estimate of drug-likeness (QED) is 0.225. The van der Waals surface area contributed by atoms with Crippen LogP contribution in [-0.4, -0.2) is 33.5 Å². The molecule has 0 aliphatic heterocycles. The maximum Gasteiger partial charge on any atom is 0.156 e. The maximum atomic E-state index is 6.51. The van der Waals surface area contributed by atoms with Crippen LogP contribution < -0.4 is 9.47 Å². The number of hydrogen-bond acceptors (Lipinski definition) is 2. The summed E-state index contributed by atoms with van der Waals surface area (Å²) < 4.78 is 11.6. The van der Waals surface area contributed by atoms with Gasteiger partial charge in [-0.1, -0.05) is 124 Å². The highest BCUT2D eigenvalue weighted by Crippen LogP contribution is 2.44. The second kappa shape index (κ2) is 12.7. The van der Waals surface area contributed by atoms with E-state index in [-0.39, 0.29) is 9.65 Å². The Hall–Kier alpha value is 1.12. The number of ether oxygens (including phenoxy) is 2. The van der Waals surface area contributed by atoms with Crippen LogP contribution in [0.4, 0.5) is 0 Å². The number of benzene rings is 2. The zero-order valence-electron chi connectivity index (χ0n) is 16.6. The third-order valence-corrected chi connectivity index (χ3v) is 10.2. The molecule has 0 spiro atoms. The Balaban J connectivity index is 2.34. The Morgan fingerprint density at radius 2 is 1.00 bits per heavy atom. The number of halogens is 8. The van der Waals surface area contributed by atoms with E-state index in [0.717, 1.165) is 21.8 Å². The van der Waals surface area contributed by atoms with E-state index >= 15 is 0 Å². The lowest BCUT2D eigenvalue weighted by molar-refractivity contribution is 0.325. The summed E-state index contributed by atoms with van der Waals surface area (Å²) >= 11 is 39.8. The van der Waals surface area contributed by atoms with E-state index < -0.39 is 5.41 Å². The zero-order valence-corrected chi connectivity index (χ0v) is 26.0. The third kappa shape index (κ3) is 7.55. The third-order valence-electron chi connectivity index (χ3n) is 4.59. The summed E-state index contributed by atoms with van der Waals surface area (Å²) in [6.45, 7) is 4.97. The first-order valence-corrected chi connectivity index (χ1v) is 14.7. The van der Waals surface area contributed by atoms with Gasteiger partial charge >= 0.3 is 0 Å². The Kier molecular flexibility index (Phi) is 11.6. The molecule has 2 aromatic carbocycles. The topological polar surface area (TPSA) is 18.5 Å². The Bertz CT molecular complexity index is 793. The lowest BCUT2D eigenvalue weighted by atomic mass is 9.78. The first kappa shape index (κ1) is 28.4. The molecule has 0 saturated carbocycles. The summed E-state index contributed by atoms with van der Waals surface area (Å²) in [7, 11) is 0. The standard InChI is InChI=1S/C21H20Br4Cl4O2/c1-21(2,11-3-15(26)19(16(27)4-11)30-9-13(24)7-22)12-5-17(28)20(18(29)6-12)31-10-14(25)8-23/h3-6,13-14H,7-10H2,1-2H3. The molecule has 0 heterocycles. The lowest BCUT2D eigenvalue weighted by Gasteiger charge is -2.28. The van der Waals surface area contributed by atoms with E-state index in [1.807, 2.05) is 24.3 Å². The summed E-state index contributed by atoms with van der Waals surface area (Å²) in [5.41, 5.74) is 1.34. The smallest absolute Gasteiger partial charge is 0.156 e. The molecule has 10 heteroatoms. The average molecular weight is 766 g/mol. The van der Waals surface area contributed by atoms with Gasteiger partial charge in [0.2, 0.25) is 0 Å². The van der Waals surface area contributed by atoms with Gasteiger partial charge in [0.05, 0.1) is 29.7 Å². The van der Waals surface area contributed by atoms with E-state index in [9.17, 15) is 0 Å². The van der Waals surface area contributed by atoms with E-state index in [1.54, 1.807) is 0 Å². The molecule has 0 radical (unpaired) electrons. The molecule has 2 aromatic rings. The first-order valence-electron chi connectivity index (χ1n) is 9.15. The van der Waals surface area contributed by atoms with Crippen LogP contribution in [0.15, 0.2) is 24.3 Å². The normalized spacial score (nSPS) is 13.7. The van der Waals surface area contributed by atoms with E-state index in [1.165, 1.54) is 0 Å². The van der Waals surface area contributed by atoms with Crippen LogP contribution in [0, 0.1) is 0 Å². The highest BCUT2D eigenvalue weighted by molar-refractivity contribution is 9.12. The summed E-state index contributed by atoms with van der Waals surface area (Å²) in [4.78, 5) is 0.297. The molecule has 0 fully saturated rings. The fourth-order valence-electron chi connectivity index (χ4n) is 2.72. The molecule has 2 atom stereocenters. The molecule has 0 N–H and O–H groups in total. The second-order valence-electron chi connectivity index (χ2n) is 7.29. The minimum atomic E-state index is -0.473. The first-order chi connectivity index (χ1) is 14.5. The van der Waals surface area contributed by atoms with Gasteiger partial charge in [-0.2, -0.15) is 0 Å². The molecule has 0 aliphatic carbocycles. The minimum Gasteiger partial charge on any atom is -0.489 e. The summed E-state index contributed by atoms with van der Waals surface area (Å²) in [6.07, 6.45) is 0. The highest BCUT2D eigenvalue weighted by Gasteiger charge is 2.28. The van der Waals surface area contributed by atoms with E-state index in [4.69, 9.17) is 55.9 Å². The fourth-order valence-corrected chi connectivity index (χ4v) is 4.55. The van der Waals surface area contributed by atoms with Crippen molar-refractivity contribution in [2.24, 2.45) is 0 Å².